The largest absolute Gasteiger partial charge is 0.489 e. The van der Waals surface area contributed by atoms with Gasteiger partial charge in [0.15, 0.2) is 17.5 Å². The number of methoxy groups -OCH3 is 1. The summed E-state index contributed by atoms with van der Waals surface area (Å²) in [4.78, 5) is 26.8. The summed E-state index contributed by atoms with van der Waals surface area (Å²) in [6, 6.07) is 8.37. The Morgan fingerprint density at radius 1 is 1.15 bits per heavy atom. The number of nitrogens with zero attached hydrogens (tertiary/aromatic N) is 1. The molecule has 0 saturated carbocycles. The predicted molar refractivity (Wildman–Crippen MR) is 122 cm³/mol. The molecule has 0 radical (unpaired) electrons. The molecule has 2 aliphatic rings. The number of esters is 1. The highest BCUT2D eigenvalue weighted by Gasteiger charge is 2.39. The predicted octanol–water partition coefficient (Wildman–Crippen LogP) is 4.76. The Balaban J connectivity index is 1.53. The molecule has 2 aliphatic heterocycles. The summed E-state index contributed by atoms with van der Waals surface area (Å²) in [5.74, 6) is 1.53. The fraction of sp³-hybridized carbons (Fsp3) is 0.417. The van der Waals surface area contributed by atoms with E-state index in [0.717, 1.165) is 15.6 Å². The maximum absolute atomic E-state index is 12.7. The summed E-state index contributed by atoms with van der Waals surface area (Å²) in [6.45, 7) is 6.23. The van der Waals surface area contributed by atoms with Crippen molar-refractivity contribution < 1.29 is 33.3 Å². The van der Waals surface area contributed by atoms with Crippen LogP contribution in [0.25, 0.3) is 0 Å². The van der Waals surface area contributed by atoms with Crippen LogP contribution < -0.4 is 14.2 Å². The van der Waals surface area contributed by atoms with Crippen molar-refractivity contribution in [1.82, 2.24) is 4.90 Å². The minimum Gasteiger partial charge on any atom is -0.489 e. The lowest BCUT2D eigenvalue weighted by Crippen LogP contribution is -2.46. The van der Waals surface area contributed by atoms with Gasteiger partial charge in [0.05, 0.1) is 7.11 Å². The third-order valence-electron chi connectivity index (χ3n) is 5.33. The number of benzene rings is 2. The maximum Gasteiger partial charge on any atom is 0.411 e. The molecule has 9 heteroatoms. The first-order chi connectivity index (χ1) is 15.7. The SMILES string of the molecule is COC(=O)[C@H]1c2ccc(OCc3cc4c(cc3Br)OCO4)cc2CCN1C(=O)OC(C)(C)C. The fourth-order valence-electron chi connectivity index (χ4n) is 3.81. The molecule has 33 heavy (non-hydrogen) atoms. The molecule has 0 bridgehead atoms. The molecule has 176 valence electrons. The number of amides is 1. The smallest absolute Gasteiger partial charge is 0.411 e. The second kappa shape index (κ2) is 9.13. The van der Waals surface area contributed by atoms with Crippen molar-refractivity contribution in [2.24, 2.45) is 0 Å². The number of ether oxygens (including phenoxy) is 5. The van der Waals surface area contributed by atoms with Crippen LogP contribution >= 0.6 is 15.9 Å². The van der Waals surface area contributed by atoms with Gasteiger partial charge >= 0.3 is 12.1 Å². The van der Waals surface area contributed by atoms with E-state index < -0.39 is 23.7 Å². The summed E-state index contributed by atoms with van der Waals surface area (Å²) < 4.78 is 28.2. The van der Waals surface area contributed by atoms with E-state index in [9.17, 15) is 9.59 Å². The molecular formula is C24H26BrNO7. The van der Waals surface area contributed by atoms with E-state index in [1.165, 1.54) is 12.0 Å². The number of fused-ring (bicyclic) bond motifs is 2. The van der Waals surface area contributed by atoms with Gasteiger partial charge in [-0.2, -0.15) is 0 Å². The highest BCUT2D eigenvalue weighted by atomic mass is 79.9. The first-order valence-electron chi connectivity index (χ1n) is 10.6. The van der Waals surface area contributed by atoms with Crippen molar-refractivity contribution in [2.75, 3.05) is 20.4 Å². The van der Waals surface area contributed by atoms with E-state index in [2.05, 4.69) is 15.9 Å². The van der Waals surface area contributed by atoms with Crippen LogP contribution in [-0.2, 0) is 27.3 Å². The molecule has 1 atom stereocenters. The monoisotopic (exact) mass is 519 g/mol. The van der Waals surface area contributed by atoms with E-state index in [-0.39, 0.29) is 6.79 Å². The molecule has 2 aromatic rings. The highest BCUT2D eigenvalue weighted by Crippen LogP contribution is 2.38. The molecule has 0 saturated heterocycles. The zero-order valence-electron chi connectivity index (χ0n) is 19.0. The average Bonchev–Trinajstić information content (AvgIpc) is 3.21. The van der Waals surface area contributed by atoms with Gasteiger partial charge in [-0.15, -0.1) is 0 Å². The lowest BCUT2D eigenvalue weighted by molar-refractivity contribution is -0.147. The molecule has 4 rings (SSSR count). The zero-order chi connectivity index (χ0) is 23.8. The van der Waals surface area contributed by atoms with Crippen LogP contribution in [0.5, 0.6) is 17.2 Å². The van der Waals surface area contributed by atoms with Crippen LogP contribution in [0.3, 0.4) is 0 Å². The number of halogens is 1. The molecule has 1 amide bonds. The van der Waals surface area contributed by atoms with Crippen molar-refractivity contribution in [3.63, 3.8) is 0 Å². The van der Waals surface area contributed by atoms with Gasteiger partial charge in [-0.3, -0.25) is 4.90 Å². The Kier molecular flexibility index (Phi) is 6.43. The Hall–Kier alpha value is -2.94. The van der Waals surface area contributed by atoms with Gasteiger partial charge in [0.2, 0.25) is 6.79 Å². The topological polar surface area (TPSA) is 83.5 Å². The summed E-state index contributed by atoms with van der Waals surface area (Å²) in [7, 11) is 1.31. The first kappa shape index (κ1) is 23.2. The molecule has 0 spiro atoms. The van der Waals surface area contributed by atoms with Gasteiger partial charge in [0.1, 0.15) is 18.0 Å². The third kappa shape index (κ3) is 5.03. The summed E-state index contributed by atoms with van der Waals surface area (Å²) in [5.41, 5.74) is 1.88. The van der Waals surface area contributed by atoms with Crippen molar-refractivity contribution in [3.05, 3.63) is 51.5 Å². The molecule has 8 nitrogen and oxygen atoms in total. The Morgan fingerprint density at radius 3 is 2.58 bits per heavy atom. The molecule has 0 unspecified atom stereocenters. The summed E-state index contributed by atoms with van der Waals surface area (Å²) >= 11 is 3.54. The number of rotatable bonds is 4. The van der Waals surface area contributed by atoms with Crippen molar-refractivity contribution >= 4 is 28.0 Å². The maximum atomic E-state index is 12.7. The van der Waals surface area contributed by atoms with Gasteiger partial charge in [-0.1, -0.05) is 22.0 Å². The van der Waals surface area contributed by atoms with Gasteiger partial charge in [-0.05, 0) is 62.6 Å². The fourth-order valence-corrected chi connectivity index (χ4v) is 4.24. The number of carbonyl (C=O) groups is 2. The van der Waals surface area contributed by atoms with Crippen molar-refractivity contribution in [1.29, 1.82) is 0 Å². The van der Waals surface area contributed by atoms with Crippen molar-refractivity contribution in [2.45, 2.75) is 45.4 Å². The molecule has 0 fully saturated rings. The third-order valence-corrected chi connectivity index (χ3v) is 6.07. The number of carbonyl (C=O) groups excluding carboxylic acids is 2. The van der Waals surface area contributed by atoms with E-state index in [1.54, 1.807) is 32.9 Å². The molecule has 0 N–H and O–H groups in total. The Bertz CT molecular complexity index is 1080. The zero-order valence-corrected chi connectivity index (χ0v) is 20.6. The van der Waals surface area contributed by atoms with Crippen LogP contribution in [0.1, 0.15) is 43.5 Å². The summed E-state index contributed by atoms with van der Waals surface area (Å²) in [5, 5.41) is 0. The first-order valence-corrected chi connectivity index (χ1v) is 11.4. The van der Waals surface area contributed by atoms with Gasteiger partial charge in [0.25, 0.3) is 0 Å². The van der Waals surface area contributed by atoms with Crippen LogP contribution in [0.4, 0.5) is 4.79 Å². The van der Waals surface area contributed by atoms with E-state index >= 15 is 0 Å². The second-order valence-electron chi connectivity index (χ2n) is 8.80. The number of hydrogen-bond acceptors (Lipinski definition) is 7. The van der Waals surface area contributed by atoms with Crippen molar-refractivity contribution in [3.8, 4) is 17.2 Å². The molecular weight excluding hydrogens is 494 g/mol. The number of hydrogen-bond donors (Lipinski definition) is 0. The highest BCUT2D eigenvalue weighted by molar-refractivity contribution is 9.10. The molecule has 0 aliphatic carbocycles. The normalized spacial score (nSPS) is 16.8. The van der Waals surface area contributed by atoms with E-state index in [4.69, 9.17) is 23.7 Å². The van der Waals surface area contributed by atoms with Gasteiger partial charge < -0.3 is 23.7 Å². The molecule has 0 aromatic heterocycles. The Labute approximate surface area is 200 Å². The van der Waals surface area contributed by atoms with Crippen LogP contribution in [0.15, 0.2) is 34.8 Å². The average molecular weight is 520 g/mol. The van der Waals surface area contributed by atoms with E-state index in [0.29, 0.717) is 42.4 Å². The second-order valence-corrected chi connectivity index (χ2v) is 9.65. The standard InChI is InChI=1S/C24H26BrNO7/c1-24(2,3)33-23(28)26-8-7-14-9-16(5-6-17(14)21(26)22(27)29-4)30-12-15-10-19-20(11-18(15)25)32-13-31-19/h5-6,9-11,21H,7-8,12-13H2,1-4H3/t21-/m1/s1. The molecule has 2 heterocycles. The Morgan fingerprint density at radius 2 is 1.88 bits per heavy atom. The van der Waals surface area contributed by atoms with Gasteiger partial charge in [0, 0.05) is 16.6 Å². The van der Waals surface area contributed by atoms with Crippen LogP contribution in [-0.4, -0.2) is 43.0 Å². The van der Waals surface area contributed by atoms with E-state index in [1.807, 2.05) is 18.2 Å². The minimum atomic E-state index is -0.870. The lowest BCUT2D eigenvalue weighted by atomic mass is 9.92. The molecule has 2 aromatic carbocycles. The minimum absolute atomic E-state index is 0.207. The quantitative estimate of drug-likeness (QED) is 0.538. The summed E-state index contributed by atoms with van der Waals surface area (Å²) in [6.07, 6.45) is 0.0176. The lowest BCUT2D eigenvalue weighted by Gasteiger charge is -2.36. The van der Waals surface area contributed by atoms with Crippen LogP contribution in [0.2, 0.25) is 0 Å². The van der Waals surface area contributed by atoms with Gasteiger partial charge in [-0.25, -0.2) is 9.59 Å². The van der Waals surface area contributed by atoms with Crippen LogP contribution in [0, 0.1) is 0 Å².